The maximum absolute atomic E-state index is 12.2. The molecule has 2 aromatic rings. The van der Waals surface area contributed by atoms with E-state index in [9.17, 15) is 9.59 Å². The van der Waals surface area contributed by atoms with Crippen LogP contribution in [-0.2, 0) is 0 Å². The van der Waals surface area contributed by atoms with Gasteiger partial charge in [0.25, 0.3) is 11.8 Å². The van der Waals surface area contributed by atoms with E-state index in [1.807, 2.05) is 0 Å². The molecule has 1 heterocycles. The molecule has 0 spiro atoms. The van der Waals surface area contributed by atoms with Gasteiger partial charge in [0.1, 0.15) is 11.5 Å². The Hall–Kier alpha value is -3.10. The number of carbonyl (C=O) groups excluding carboxylic acids is 2. The molecule has 1 saturated heterocycles. The third-order valence-electron chi connectivity index (χ3n) is 6.04. The van der Waals surface area contributed by atoms with E-state index in [0.29, 0.717) is 24.2 Å². The Morgan fingerprint density at radius 1 is 0.676 bits per heavy atom. The molecule has 2 N–H and O–H groups in total. The summed E-state index contributed by atoms with van der Waals surface area (Å²) in [5.41, 5.74) is 1.30. The summed E-state index contributed by atoms with van der Waals surface area (Å²) in [6.45, 7) is 7.42. The number of rotatable bonds is 12. The van der Waals surface area contributed by atoms with Gasteiger partial charge < -0.3 is 29.9 Å². The predicted molar refractivity (Wildman–Crippen MR) is 133 cm³/mol. The lowest BCUT2D eigenvalue weighted by Crippen LogP contribution is -2.47. The van der Waals surface area contributed by atoms with Crippen molar-refractivity contribution in [2.75, 3.05) is 66.6 Å². The molecule has 0 aliphatic carbocycles. The van der Waals surface area contributed by atoms with E-state index in [4.69, 9.17) is 9.47 Å². The number of carbonyl (C=O) groups is 2. The first-order valence-electron chi connectivity index (χ1n) is 11.9. The Morgan fingerprint density at radius 2 is 1.03 bits per heavy atom. The van der Waals surface area contributed by atoms with E-state index < -0.39 is 0 Å². The van der Waals surface area contributed by atoms with Gasteiger partial charge >= 0.3 is 0 Å². The van der Waals surface area contributed by atoms with Gasteiger partial charge in [0, 0.05) is 50.4 Å². The van der Waals surface area contributed by atoms with Crippen molar-refractivity contribution in [2.45, 2.75) is 12.8 Å². The number of ether oxygens (including phenoxy) is 2. The topological polar surface area (TPSA) is 83.1 Å². The van der Waals surface area contributed by atoms with Crippen LogP contribution in [0.4, 0.5) is 0 Å². The number of nitrogens with one attached hydrogen (secondary N) is 2. The number of benzene rings is 2. The van der Waals surface area contributed by atoms with Crippen LogP contribution >= 0.6 is 0 Å². The molecule has 3 rings (SSSR count). The van der Waals surface area contributed by atoms with Crippen LogP contribution in [0.5, 0.6) is 11.5 Å². The van der Waals surface area contributed by atoms with E-state index in [0.717, 1.165) is 63.6 Å². The first-order valence-corrected chi connectivity index (χ1v) is 11.9. The van der Waals surface area contributed by atoms with E-state index >= 15 is 0 Å². The van der Waals surface area contributed by atoms with Crippen molar-refractivity contribution in [1.82, 2.24) is 20.4 Å². The third-order valence-corrected chi connectivity index (χ3v) is 6.04. The number of piperazine rings is 1. The zero-order valence-corrected chi connectivity index (χ0v) is 20.2. The Bertz CT molecular complexity index is 819. The second-order valence-corrected chi connectivity index (χ2v) is 8.36. The van der Waals surface area contributed by atoms with Crippen molar-refractivity contribution in [3.8, 4) is 11.5 Å². The molecule has 8 nitrogen and oxygen atoms in total. The summed E-state index contributed by atoms with van der Waals surface area (Å²) >= 11 is 0. The molecule has 2 aromatic carbocycles. The maximum atomic E-state index is 12.2. The molecule has 1 aliphatic rings. The summed E-state index contributed by atoms with van der Waals surface area (Å²) in [4.78, 5) is 29.3. The van der Waals surface area contributed by atoms with Crippen LogP contribution in [0.3, 0.4) is 0 Å². The Morgan fingerprint density at radius 3 is 1.35 bits per heavy atom. The lowest BCUT2D eigenvalue weighted by atomic mass is 10.2. The lowest BCUT2D eigenvalue weighted by molar-refractivity contribution is 0.0934. The van der Waals surface area contributed by atoms with E-state index in [2.05, 4.69) is 20.4 Å². The Labute approximate surface area is 202 Å². The minimum atomic E-state index is -0.0495. The van der Waals surface area contributed by atoms with Crippen molar-refractivity contribution in [2.24, 2.45) is 0 Å². The fourth-order valence-corrected chi connectivity index (χ4v) is 3.93. The van der Waals surface area contributed by atoms with Crippen molar-refractivity contribution in [3.63, 3.8) is 0 Å². The van der Waals surface area contributed by atoms with Crippen LogP contribution in [0, 0.1) is 0 Å². The van der Waals surface area contributed by atoms with Crippen LogP contribution < -0.4 is 20.1 Å². The van der Waals surface area contributed by atoms with Gasteiger partial charge in [-0.2, -0.15) is 0 Å². The molecule has 8 heteroatoms. The van der Waals surface area contributed by atoms with E-state index in [1.165, 1.54) is 0 Å². The van der Waals surface area contributed by atoms with Crippen molar-refractivity contribution < 1.29 is 19.1 Å². The van der Waals surface area contributed by atoms with Crippen LogP contribution in [0.15, 0.2) is 48.5 Å². The molecule has 1 aliphatic heterocycles. The fraction of sp³-hybridized carbons (Fsp3) is 0.462. The molecule has 1 fully saturated rings. The van der Waals surface area contributed by atoms with E-state index in [1.54, 1.807) is 62.8 Å². The summed E-state index contributed by atoms with van der Waals surface area (Å²) < 4.78 is 10.2. The summed E-state index contributed by atoms with van der Waals surface area (Å²) in [7, 11) is 3.22. The summed E-state index contributed by atoms with van der Waals surface area (Å²) in [6.07, 6.45) is 1.86. The van der Waals surface area contributed by atoms with Crippen LogP contribution in [0.25, 0.3) is 0 Å². The molecule has 0 aromatic heterocycles. The van der Waals surface area contributed by atoms with Gasteiger partial charge in [-0.1, -0.05) is 0 Å². The highest BCUT2D eigenvalue weighted by Crippen LogP contribution is 2.12. The zero-order valence-electron chi connectivity index (χ0n) is 20.2. The highest BCUT2D eigenvalue weighted by molar-refractivity contribution is 5.94. The van der Waals surface area contributed by atoms with Crippen molar-refractivity contribution in [3.05, 3.63) is 59.7 Å². The largest absolute Gasteiger partial charge is 0.497 e. The zero-order chi connectivity index (χ0) is 24.2. The van der Waals surface area contributed by atoms with Gasteiger partial charge in [0.2, 0.25) is 0 Å². The Kier molecular flexibility index (Phi) is 10.2. The second-order valence-electron chi connectivity index (χ2n) is 8.36. The molecule has 0 unspecified atom stereocenters. The lowest BCUT2D eigenvalue weighted by Gasteiger charge is -2.34. The number of amides is 2. The Balaban J connectivity index is 1.22. The van der Waals surface area contributed by atoms with Gasteiger partial charge in [-0.05, 0) is 74.5 Å². The molecule has 0 radical (unpaired) electrons. The fourth-order valence-electron chi connectivity index (χ4n) is 3.93. The highest BCUT2D eigenvalue weighted by Gasteiger charge is 2.16. The summed E-state index contributed by atoms with van der Waals surface area (Å²) in [6, 6.07) is 14.3. The van der Waals surface area contributed by atoms with Gasteiger partial charge in [0.05, 0.1) is 14.2 Å². The van der Waals surface area contributed by atoms with Crippen LogP contribution in [0.1, 0.15) is 33.6 Å². The number of hydrogen-bond donors (Lipinski definition) is 2. The summed E-state index contributed by atoms with van der Waals surface area (Å²) in [5.74, 6) is 1.39. The van der Waals surface area contributed by atoms with Gasteiger partial charge in [-0.3, -0.25) is 9.59 Å². The first-order chi connectivity index (χ1) is 16.6. The molecule has 0 bridgehead atoms. The highest BCUT2D eigenvalue weighted by atomic mass is 16.5. The predicted octanol–water partition coefficient (Wildman–Crippen LogP) is 2.26. The van der Waals surface area contributed by atoms with Crippen LogP contribution in [0.2, 0.25) is 0 Å². The average Bonchev–Trinajstić information content (AvgIpc) is 2.89. The van der Waals surface area contributed by atoms with Crippen LogP contribution in [-0.4, -0.2) is 88.2 Å². The molecule has 0 saturated carbocycles. The van der Waals surface area contributed by atoms with Gasteiger partial charge in [0.15, 0.2) is 0 Å². The molecule has 2 amide bonds. The van der Waals surface area contributed by atoms with E-state index in [-0.39, 0.29) is 11.8 Å². The molecular weight excluding hydrogens is 432 g/mol. The molecule has 34 heavy (non-hydrogen) atoms. The van der Waals surface area contributed by atoms with Gasteiger partial charge in [-0.15, -0.1) is 0 Å². The third kappa shape index (κ3) is 8.04. The van der Waals surface area contributed by atoms with Gasteiger partial charge in [-0.25, -0.2) is 0 Å². The quantitative estimate of drug-likeness (QED) is 0.465. The maximum Gasteiger partial charge on any atom is 0.251 e. The normalized spacial score (nSPS) is 14.4. The number of hydrogen-bond acceptors (Lipinski definition) is 6. The number of nitrogens with zero attached hydrogens (tertiary/aromatic N) is 2. The smallest absolute Gasteiger partial charge is 0.251 e. The first kappa shape index (κ1) is 25.5. The minimum absolute atomic E-state index is 0.0495. The standard InChI is InChI=1S/C26H36N4O4/c1-33-23-9-5-21(6-10-23)25(31)27-13-3-15-29-17-19-30(20-18-29)16-4-14-28-26(32)22-7-11-24(34-2)12-8-22/h5-12H,3-4,13-20H2,1-2H3,(H,27,31)(H,28,32). The van der Waals surface area contributed by atoms with Crippen molar-refractivity contribution >= 4 is 11.8 Å². The average molecular weight is 469 g/mol. The monoisotopic (exact) mass is 468 g/mol. The molecule has 0 atom stereocenters. The summed E-state index contributed by atoms with van der Waals surface area (Å²) in [5, 5.41) is 5.98. The van der Waals surface area contributed by atoms with Crippen molar-refractivity contribution in [1.29, 1.82) is 0 Å². The molecule has 184 valence electrons. The minimum Gasteiger partial charge on any atom is -0.497 e. The number of methoxy groups -OCH3 is 2. The molecular formula is C26H36N4O4. The second kappa shape index (κ2) is 13.6. The SMILES string of the molecule is COc1ccc(C(=O)NCCCN2CCN(CCCNC(=O)c3ccc(OC)cc3)CC2)cc1.